The van der Waals surface area contributed by atoms with E-state index in [1.165, 1.54) is 20.1 Å². The Kier molecular flexibility index (Phi) is 7.25. The largest absolute Gasteiger partial charge is 0.497 e. The van der Waals surface area contributed by atoms with Crippen LogP contribution in [0.4, 0.5) is 5.69 Å². The summed E-state index contributed by atoms with van der Waals surface area (Å²) in [5, 5.41) is 2.99. The lowest BCUT2D eigenvalue weighted by molar-refractivity contribution is -0.148. The summed E-state index contributed by atoms with van der Waals surface area (Å²) in [6, 6.07) is 12.0. The normalized spacial score (nSPS) is 11.7. The van der Waals surface area contributed by atoms with Gasteiger partial charge in [-0.3, -0.25) is 4.79 Å². The van der Waals surface area contributed by atoms with Gasteiger partial charge in [0.25, 0.3) is 5.91 Å². The van der Waals surface area contributed by atoms with Gasteiger partial charge < -0.3 is 19.5 Å². The van der Waals surface area contributed by atoms with Crippen LogP contribution in [0.2, 0.25) is 5.02 Å². The number of esters is 1. The molecular weight excluding hydrogens is 370 g/mol. The molecule has 6 nitrogen and oxygen atoms in total. The van der Waals surface area contributed by atoms with E-state index in [0.29, 0.717) is 16.5 Å². The topological polar surface area (TPSA) is 73.9 Å². The van der Waals surface area contributed by atoms with Gasteiger partial charge in [0.1, 0.15) is 11.5 Å². The molecule has 1 atom stereocenters. The van der Waals surface area contributed by atoms with Crippen LogP contribution in [0.25, 0.3) is 6.08 Å². The molecule has 2 aromatic carbocycles. The highest BCUT2D eigenvalue weighted by atomic mass is 35.5. The fourth-order valence-electron chi connectivity index (χ4n) is 2.13. The van der Waals surface area contributed by atoms with Gasteiger partial charge in [0.05, 0.1) is 19.2 Å². The molecule has 0 aliphatic carbocycles. The van der Waals surface area contributed by atoms with Crippen LogP contribution in [-0.4, -0.2) is 32.2 Å². The third kappa shape index (κ3) is 6.04. The summed E-state index contributed by atoms with van der Waals surface area (Å²) < 4.78 is 15.2. The second-order valence-electron chi connectivity index (χ2n) is 5.52. The Morgan fingerprint density at radius 3 is 2.37 bits per heavy atom. The number of nitrogens with one attached hydrogen (secondary N) is 1. The first-order chi connectivity index (χ1) is 12.9. The predicted molar refractivity (Wildman–Crippen MR) is 104 cm³/mol. The molecule has 2 rings (SSSR count). The van der Waals surface area contributed by atoms with Crippen LogP contribution in [-0.2, 0) is 14.3 Å². The van der Waals surface area contributed by atoms with Gasteiger partial charge in [-0.1, -0.05) is 23.7 Å². The molecule has 0 aromatic heterocycles. The van der Waals surface area contributed by atoms with Gasteiger partial charge in [-0.25, -0.2) is 4.79 Å². The van der Waals surface area contributed by atoms with Crippen LogP contribution in [0.3, 0.4) is 0 Å². The zero-order valence-corrected chi connectivity index (χ0v) is 15.9. The molecule has 0 spiro atoms. The fraction of sp³-hybridized carbons (Fsp3) is 0.200. The molecule has 0 saturated carbocycles. The predicted octanol–water partition coefficient (Wildman–Crippen LogP) is 3.94. The monoisotopic (exact) mass is 389 g/mol. The summed E-state index contributed by atoms with van der Waals surface area (Å²) in [6.45, 7) is 1.49. The van der Waals surface area contributed by atoms with Gasteiger partial charge in [-0.2, -0.15) is 0 Å². The van der Waals surface area contributed by atoms with E-state index < -0.39 is 18.0 Å². The molecule has 0 aliphatic heterocycles. The lowest BCUT2D eigenvalue weighted by Crippen LogP contribution is -2.29. The summed E-state index contributed by atoms with van der Waals surface area (Å²) in [5.74, 6) is 0.125. The molecule has 0 radical (unpaired) electrons. The molecule has 0 saturated heterocycles. The van der Waals surface area contributed by atoms with Crippen molar-refractivity contribution in [3.05, 3.63) is 59.1 Å². The van der Waals surface area contributed by atoms with E-state index in [1.54, 1.807) is 55.7 Å². The number of rotatable bonds is 7. The molecule has 0 heterocycles. The maximum Gasteiger partial charge on any atom is 0.331 e. The first-order valence-corrected chi connectivity index (χ1v) is 8.48. The summed E-state index contributed by atoms with van der Waals surface area (Å²) in [7, 11) is 3.08. The van der Waals surface area contributed by atoms with E-state index in [2.05, 4.69) is 5.32 Å². The van der Waals surface area contributed by atoms with Crippen molar-refractivity contribution in [1.82, 2.24) is 0 Å². The fourth-order valence-corrected chi connectivity index (χ4v) is 2.39. The Morgan fingerprint density at radius 2 is 1.78 bits per heavy atom. The van der Waals surface area contributed by atoms with Crippen LogP contribution >= 0.6 is 11.6 Å². The molecule has 0 bridgehead atoms. The van der Waals surface area contributed by atoms with Crippen molar-refractivity contribution < 1.29 is 23.8 Å². The highest BCUT2D eigenvalue weighted by Gasteiger charge is 2.17. The average Bonchev–Trinajstić information content (AvgIpc) is 2.66. The van der Waals surface area contributed by atoms with Crippen molar-refractivity contribution in [2.75, 3.05) is 19.5 Å². The Bertz CT molecular complexity index is 833. The Hall–Kier alpha value is -2.99. The van der Waals surface area contributed by atoms with Crippen molar-refractivity contribution >= 4 is 35.2 Å². The molecule has 0 aliphatic rings. The summed E-state index contributed by atoms with van der Waals surface area (Å²) in [5.41, 5.74) is 1.28. The number of halogens is 1. The van der Waals surface area contributed by atoms with Crippen molar-refractivity contribution in [3.63, 3.8) is 0 Å². The van der Waals surface area contributed by atoms with Crippen molar-refractivity contribution in [2.24, 2.45) is 0 Å². The van der Waals surface area contributed by atoms with E-state index in [-0.39, 0.29) is 0 Å². The summed E-state index contributed by atoms with van der Waals surface area (Å²) in [4.78, 5) is 24.1. The molecule has 2 aromatic rings. The van der Waals surface area contributed by atoms with Crippen molar-refractivity contribution in [1.29, 1.82) is 0 Å². The van der Waals surface area contributed by atoms with Crippen LogP contribution in [0.1, 0.15) is 12.5 Å². The number of carbonyl (C=O) groups is 2. The standard InChI is InChI=1S/C20H20ClNO5/c1-13(20(24)22-15-7-10-18(26-3)17(21)12-15)27-19(23)11-6-14-4-8-16(25-2)9-5-14/h4-13H,1-3H3,(H,22,24)/b11-6+. The second kappa shape index (κ2) is 9.64. The number of carbonyl (C=O) groups excluding carboxylic acids is 2. The second-order valence-corrected chi connectivity index (χ2v) is 5.93. The third-order valence-corrected chi connectivity index (χ3v) is 3.90. The Morgan fingerprint density at radius 1 is 1.07 bits per heavy atom. The summed E-state index contributed by atoms with van der Waals surface area (Å²) >= 11 is 6.02. The minimum atomic E-state index is -0.973. The number of hydrogen-bond donors (Lipinski definition) is 1. The molecule has 27 heavy (non-hydrogen) atoms. The zero-order chi connectivity index (χ0) is 19.8. The van der Waals surface area contributed by atoms with Gasteiger partial charge in [0, 0.05) is 11.8 Å². The van der Waals surface area contributed by atoms with Gasteiger partial charge in [-0.15, -0.1) is 0 Å². The van der Waals surface area contributed by atoms with Crippen LogP contribution in [0, 0.1) is 0 Å². The number of anilines is 1. The first kappa shape index (κ1) is 20.3. The molecule has 1 amide bonds. The van der Waals surface area contributed by atoms with Crippen LogP contribution < -0.4 is 14.8 Å². The minimum absolute atomic E-state index is 0.363. The van der Waals surface area contributed by atoms with E-state index in [0.717, 1.165) is 11.3 Å². The number of ether oxygens (including phenoxy) is 3. The number of benzene rings is 2. The quantitative estimate of drug-likeness (QED) is 0.573. The minimum Gasteiger partial charge on any atom is -0.497 e. The van der Waals surface area contributed by atoms with Gasteiger partial charge in [0.15, 0.2) is 6.10 Å². The van der Waals surface area contributed by atoms with Crippen LogP contribution in [0.15, 0.2) is 48.5 Å². The molecule has 0 fully saturated rings. The van der Waals surface area contributed by atoms with Crippen molar-refractivity contribution in [2.45, 2.75) is 13.0 Å². The Labute approximate surface area is 162 Å². The number of methoxy groups -OCH3 is 2. The first-order valence-electron chi connectivity index (χ1n) is 8.10. The van der Waals surface area contributed by atoms with Crippen LogP contribution in [0.5, 0.6) is 11.5 Å². The number of hydrogen-bond acceptors (Lipinski definition) is 5. The van der Waals surface area contributed by atoms with E-state index >= 15 is 0 Å². The zero-order valence-electron chi connectivity index (χ0n) is 15.2. The molecule has 142 valence electrons. The average molecular weight is 390 g/mol. The maximum atomic E-state index is 12.2. The highest BCUT2D eigenvalue weighted by molar-refractivity contribution is 6.32. The highest BCUT2D eigenvalue weighted by Crippen LogP contribution is 2.27. The van der Waals surface area contributed by atoms with Crippen molar-refractivity contribution in [3.8, 4) is 11.5 Å². The van der Waals surface area contributed by atoms with Gasteiger partial charge in [-0.05, 0) is 48.9 Å². The molecular formula is C20H20ClNO5. The molecule has 1 N–H and O–H groups in total. The molecule has 7 heteroatoms. The van der Waals surface area contributed by atoms with Gasteiger partial charge in [0.2, 0.25) is 0 Å². The SMILES string of the molecule is COc1ccc(/C=C/C(=O)OC(C)C(=O)Nc2ccc(OC)c(Cl)c2)cc1. The smallest absolute Gasteiger partial charge is 0.331 e. The lowest BCUT2D eigenvalue weighted by Gasteiger charge is -2.13. The van der Waals surface area contributed by atoms with E-state index in [1.807, 2.05) is 0 Å². The Balaban J connectivity index is 1.89. The third-order valence-electron chi connectivity index (χ3n) is 3.61. The number of amides is 1. The maximum absolute atomic E-state index is 12.2. The van der Waals surface area contributed by atoms with E-state index in [9.17, 15) is 9.59 Å². The lowest BCUT2D eigenvalue weighted by atomic mass is 10.2. The summed E-state index contributed by atoms with van der Waals surface area (Å²) in [6.07, 6.45) is 1.88. The van der Waals surface area contributed by atoms with Gasteiger partial charge >= 0.3 is 5.97 Å². The van der Waals surface area contributed by atoms with E-state index in [4.69, 9.17) is 25.8 Å². The molecule has 1 unspecified atom stereocenters.